The van der Waals surface area contributed by atoms with Crippen LogP contribution in [0.1, 0.15) is 52.9 Å². The van der Waals surface area contributed by atoms with Gasteiger partial charge in [-0.2, -0.15) is 0 Å². The third-order valence-electron chi connectivity index (χ3n) is 4.04. The number of hydrogen-bond acceptors (Lipinski definition) is 3. The smallest absolute Gasteiger partial charge is 0.168 e. The van der Waals surface area contributed by atoms with E-state index >= 15 is 0 Å². The number of aliphatic imine (C=N–C) groups is 1. The van der Waals surface area contributed by atoms with E-state index in [0.29, 0.717) is 24.3 Å². The van der Waals surface area contributed by atoms with E-state index in [9.17, 15) is 9.90 Å². The monoisotopic (exact) mass is 249 g/mol. The molecule has 3 heteroatoms. The molecule has 1 heterocycles. The van der Waals surface area contributed by atoms with Crippen LogP contribution in [0.25, 0.3) is 0 Å². The van der Waals surface area contributed by atoms with Crippen LogP contribution in [0.15, 0.2) is 16.3 Å². The van der Waals surface area contributed by atoms with Gasteiger partial charge in [0.15, 0.2) is 5.78 Å². The third-order valence-corrected chi connectivity index (χ3v) is 4.04. The van der Waals surface area contributed by atoms with Crippen LogP contribution in [0.2, 0.25) is 0 Å². The lowest BCUT2D eigenvalue weighted by Gasteiger charge is -2.31. The molecule has 1 N–H and O–H groups in total. The molecule has 0 bridgehead atoms. The van der Waals surface area contributed by atoms with Crippen molar-refractivity contribution in [3.63, 3.8) is 0 Å². The summed E-state index contributed by atoms with van der Waals surface area (Å²) in [6.07, 6.45) is 4.18. The lowest BCUT2D eigenvalue weighted by molar-refractivity contribution is -0.118. The van der Waals surface area contributed by atoms with Gasteiger partial charge in [0.25, 0.3) is 0 Å². The molecule has 1 aliphatic carbocycles. The number of nitrogens with zero attached hydrogens (tertiary/aromatic N) is 1. The summed E-state index contributed by atoms with van der Waals surface area (Å²) in [7, 11) is 0. The molecule has 1 atom stereocenters. The summed E-state index contributed by atoms with van der Waals surface area (Å²) in [5.74, 6) is 0.937. The Labute approximate surface area is 109 Å². The highest BCUT2D eigenvalue weighted by Crippen LogP contribution is 2.37. The van der Waals surface area contributed by atoms with Crippen molar-refractivity contribution in [1.29, 1.82) is 0 Å². The summed E-state index contributed by atoms with van der Waals surface area (Å²) in [5.41, 5.74) is 1.27. The lowest BCUT2D eigenvalue weighted by atomic mass is 9.74. The highest BCUT2D eigenvalue weighted by molar-refractivity contribution is 6.23. The maximum absolute atomic E-state index is 12.2. The van der Waals surface area contributed by atoms with Crippen LogP contribution in [-0.4, -0.2) is 23.1 Å². The van der Waals surface area contributed by atoms with Crippen molar-refractivity contribution in [2.75, 3.05) is 6.54 Å². The summed E-state index contributed by atoms with van der Waals surface area (Å²) in [6.45, 7) is 7.01. The topological polar surface area (TPSA) is 49.7 Å². The first-order valence-corrected chi connectivity index (χ1v) is 6.92. The third kappa shape index (κ3) is 2.65. The summed E-state index contributed by atoms with van der Waals surface area (Å²) >= 11 is 0. The molecule has 0 spiro atoms. The van der Waals surface area contributed by atoms with E-state index in [1.165, 1.54) is 0 Å². The molecule has 0 aromatic rings. The normalized spacial score (nSPS) is 28.3. The van der Waals surface area contributed by atoms with Gasteiger partial charge in [-0.25, -0.2) is 0 Å². The molecular weight excluding hydrogens is 226 g/mol. The van der Waals surface area contributed by atoms with Crippen molar-refractivity contribution in [3.8, 4) is 0 Å². The quantitative estimate of drug-likeness (QED) is 0.815. The van der Waals surface area contributed by atoms with Crippen LogP contribution in [-0.2, 0) is 4.79 Å². The molecule has 0 amide bonds. The number of carbonyl (C=O) groups is 1. The van der Waals surface area contributed by atoms with Gasteiger partial charge in [0.05, 0.1) is 5.57 Å². The summed E-state index contributed by atoms with van der Waals surface area (Å²) in [5, 5.41) is 10.2. The van der Waals surface area contributed by atoms with Gasteiger partial charge in [-0.1, -0.05) is 27.2 Å². The zero-order valence-corrected chi connectivity index (χ0v) is 11.6. The fourth-order valence-corrected chi connectivity index (χ4v) is 2.97. The number of aliphatic hydroxyl groups excluding tert-OH is 1. The Morgan fingerprint density at radius 3 is 2.72 bits per heavy atom. The Morgan fingerprint density at radius 2 is 2.11 bits per heavy atom. The van der Waals surface area contributed by atoms with Gasteiger partial charge in [-0.05, 0) is 24.2 Å². The van der Waals surface area contributed by atoms with Gasteiger partial charge >= 0.3 is 0 Å². The zero-order valence-electron chi connectivity index (χ0n) is 11.6. The van der Waals surface area contributed by atoms with Crippen molar-refractivity contribution in [3.05, 3.63) is 11.3 Å². The number of hydrogen-bond donors (Lipinski definition) is 1. The zero-order chi connectivity index (χ0) is 13.3. The van der Waals surface area contributed by atoms with Crippen molar-refractivity contribution in [1.82, 2.24) is 0 Å². The predicted molar refractivity (Wildman–Crippen MR) is 73.0 cm³/mol. The standard InChI is InChI=1S/C15H23NO2/c1-4-10-5-6-16-11(7-10)14-12(17)8-15(2,3)9-13(14)18/h10,17H,4-9H2,1-3H3. The molecule has 2 aliphatic rings. The van der Waals surface area contributed by atoms with Crippen LogP contribution < -0.4 is 0 Å². The Bertz CT molecular complexity index is 418. The maximum Gasteiger partial charge on any atom is 0.168 e. The number of allylic oxidation sites excluding steroid dienone is 2. The minimum absolute atomic E-state index is 0.0688. The molecule has 1 unspecified atom stereocenters. The van der Waals surface area contributed by atoms with E-state index in [1.54, 1.807) is 0 Å². The Kier molecular flexibility index (Phi) is 3.60. The van der Waals surface area contributed by atoms with Crippen LogP contribution in [0, 0.1) is 11.3 Å². The van der Waals surface area contributed by atoms with Gasteiger partial charge in [0, 0.05) is 25.1 Å². The van der Waals surface area contributed by atoms with E-state index < -0.39 is 0 Å². The molecule has 0 saturated heterocycles. The van der Waals surface area contributed by atoms with Crippen LogP contribution in [0.3, 0.4) is 0 Å². The van der Waals surface area contributed by atoms with E-state index in [0.717, 1.165) is 31.5 Å². The highest BCUT2D eigenvalue weighted by atomic mass is 16.3. The van der Waals surface area contributed by atoms with Gasteiger partial charge < -0.3 is 5.11 Å². The molecule has 100 valence electrons. The molecular formula is C15H23NO2. The fraction of sp³-hybridized carbons (Fsp3) is 0.733. The molecule has 0 aromatic heterocycles. The minimum atomic E-state index is -0.121. The number of ketones is 1. The molecule has 18 heavy (non-hydrogen) atoms. The predicted octanol–water partition coefficient (Wildman–Crippen LogP) is 3.45. The maximum atomic E-state index is 12.2. The van der Waals surface area contributed by atoms with Crippen molar-refractivity contribution in [2.24, 2.45) is 16.3 Å². The molecule has 0 saturated carbocycles. The molecule has 1 aliphatic heterocycles. The largest absolute Gasteiger partial charge is 0.511 e. The van der Waals surface area contributed by atoms with Gasteiger partial charge in [0.1, 0.15) is 5.76 Å². The highest BCUT2D eigenvalue weighted by Gasteiger charge is 2.35. The summed E-state index contributed by atoms with van der Waals surface area (Å²) in [4.78, 5) is 16.7. The first-order valence-electron chi connectivity index (χ1n) is 6.92. The number of aliphatic hydroxyl groups is 1. The fourth-order valence-electron chi connectivity index (χ4n) is 2.97. The second-order valence-electron chi connectivity index (χ2n) is 6.36. The van der Waals surface area contributed by atoms with E-state index in [-0.39, 0.29) is 17.0 Å². The number of carbonyl (C=O) groups excluding carboxylic acids is 1. The van der Waals surface area contributed by atoms with Crippen molar-refractivity contribution in [2.45, 2.75) is 52.9 Å². The summed E-state index contributed by atoms with van der Waals surface area (Å²) < 4.78 is 0. The Morgan fingerprint density at radius 1 is 1.39 bits per heavy atom. The Balaban J connectivity index is 2.27. The van der Waals surface area contributed by atoms with E-state index in [1.807, 2.05) is 13.8 Å². The molecule has 2 rings (SSSR count). The molecule has 0 aromatic carbocycles. The second-order valence-corrected chi connectivity index (χ2v) is 6.36. The van der Waals surface area contributed by atoms with Gasteiger partial charge in [-0.15, -0.1) is 0 Å². The van der Waals surface area contributed by atoms with Gasteiger partial charge in [-0.3, -0.25) is 9.79 Å². The number of Topliss-reactive ketones (excluding diaryl/α,β-unsaturated/α-hetero) is 1. The van der Waals surface area contributed by atoms with Crippen LogP contribution in [0.5, 0.6) is 0 Å². The Hall–Kier alpha value is -1.12. The second kappa shape index (κ2) is 4.87. The average Bonchev–Trinajstić information content (AvgIpc) is 2.26. The van der Waals surface area contributed by atoms with E-state index in [4.69, 9.17) is 0 Å². The summed E-state index contributed by atoms with van der Waals surface area (Å²) in [6, 6.07) is 0. The average molecular weight is 249 g/mol. The SMILES string of the molecule is CCC1CCN=C(C2=C(O)CC(C)(C)CC2=O)C1. The van der Waals surface area contributed by atoms with Gasteiger partial charge in [0.2, 0.25) is 0 Å². The van der Waals surface area contributed by atoms with Crippen molar-refractivity contribution < 1.29 is 9.90 Å². The first-order chi connectivity index (χ1) is 8.43. The van der Waals surface area contributed by atoms with Crippen molar-refractivity contribution >= 4 is 11.5 Å². The van der Waals surface area contributed by atoms with E-state index in [2.05, 4.69) is 11.9 Å². The van der Waals surface area contributed by atoms with Crippen LogP contribution >= 0.6 is 0 Å². The molecule has 3 nitrogen and oxygen atoms in total. The molecule has 0 fully saturated rings. The minimum Gasteiger partial charge on any atom is -0.511 e. The number of rotatable bonds is 2. The molecule has 0 radical (unpaired) electrons. The van der Waals surface area contributed by atoms with Crippen LogP contribution in [0.4, 0.5) is 0 Å². The first kappa shape index (κ1) is 13.3. The lowest BCUT2D eigenvalue weighted by Crippen LogP contribution is -2.31.